The lowest BCUT2D eigenvalue weighted by Crippen LogP contribution is -2.32. The van der Waals surface area contributed by atoms with Crippen LogP contribution in [0.25, 0.3) is 5.52 Å². The number of nitrogens with one attached hydrogen (secondary N) is 1. The maximum absolute atomic E-state index is 13.1. The second kappa shape index (κ2) is 6.26. The zero-order valence-electron chi connectivity index (χ0n) is 13.6. The van der Waals surface area contributed by atoms with Gasteiger partial charge in [-0.1, -0.05) is 6.07 Å². The number of carbonyl (C=O) groups excluding carboxylic acids is 1. The first-order valence-electron chi connectivity index (χ1n) is 7.17. The topological polar surface area (TPSA) is 92.9 Å². The molecule has 2 rings (SSSR count). The van der Waals surface area contributed by atoms with Crippen LogP contribution in [0.4, 0.5) is 18.0 Å². The Labute approximate surface area is 140 Å². The summed E-state index contributed by atoms with van der Waals surface area (Å²) in [7, 11) is 0. The average molecular weight is 359 g/mol. The van der Waals surface area contributed by atoms with Gasteiger partial charge >= 0.3 is 18.2 Å². The van der Waals surface area contributed by atoms with Crippen LogP contribution in [0.15, 0.2) is 18.3 Å². The van der Waals surface area contributed by atoms with E-state index in [0.29, 0.717) is 9.96 Å². The molecule has 136 valence electrons. The summed E-state index contributed by atoms with van der Waals surface area (Å²) in [4.78, 5) is 25.8. The zero-order valence-corrected chi connectivity index (χ0v) is 13.6. The molecule has 25 heavy (non-hydrogen) atoms. The van der Waals surface area contributed by atoms with Gasteiger partial charge in [0.05, 0.1) is 5.52 Å². The Morgan fingerprint density at radius 3 is 2.44 bits per heavy atom. The average Bonchev–Trinajstić information content (AvgIpc) is 2.82. The van der Waals surface area contributed by atoms with Crippen molar-refractivity contribution < 1.29 is 32.6 Å². The Hall–Kier alpha value is -2.78. The fourth-order valence-corrected chi connectivity index (χ4v) is 2.08. The molecule has 0 aliphatic rings. The lowest BCUT2D eigenvalue weighted by molar-refractivity contribution is -0.145. The molecule has 0 radical (unpaired) electrons. The van der Waals surface area contributed by atoms with E-state index in [9.17, 15) is 22.8 Å². The molecule has 0 saturated heterocycles. The molecule has 0 aliphatic carbocycles. The summed E-state index contributed by atoms with van der Waals surface area (Å²) in [5.74, 6) is -2.91. The lowest BCUT2D eigenvalue weighted by Gasteiger charge is -2.19. The van der Waals surface area contributed by atoms with Gasteiger partial charge in [-0.25, -0.2) is 14.6 Å². The summed E-state index contributed by atoms with van der Waals surface area (Å²) in [6.45, 7) is 4.93. The molecule has 2 heterocycles. The molecule has 0 saturated carbocycles. The number of hydrogen-bond acceptors (Lipinski definition) is 4. The number of aromatic nitrogens is 2. The van der Waals surface area contributed by atoms with Gasteiger partial charge in [-0.05, 0) is 32.4 Å². The SMILES string of the molecule is CC(C)(C)OC(=O)NCc1ccc2c(C(=O)O)nc(C(F)(F)F)n2c1. The van der Waals surface area contributed by atoms with Crippen molar-refractivity contribution >= 4 is 17.6 Å². The molecule has 0 fully saturated rings. The fourth-order valence-electron chi connectivity index (χ4n) is 2.08. The molecule has 0 spiro atoms. The second-order valence-electron chi connectivity index (χ2n) is 6.23. The number of alkyl carbamates (subject to hydrolysis) is 1. The van der Waals surface area contributed by atoms with Crippen LogP contribution in [0.1, 0.15) is 42.6 Å². The van der Waals surface area contributed by atoms with Gasteiger partial charge in [-0.3, -0.25) is 4.40 Å². The maximum atomic E-state index is 13.1. The van der Waals surface area contributed by atoms with Crippen molar-refractivity contribution in [1.82, 2.24) is 14.7 Å². The smallest absolute Gasteiger partial charge is 0.450 e. The fraction of sp³-hybridized carbons (Fsp3) is 0.400. The summed E-state index contributed by atoms with van der Waals surface area (Å²) in [6.07, 6.45) is -4.47. The first-order valence-corrected chi connectivity index (χ1v) is 7.17. The Balaban J connectivity index is 2.32. The van der Waals surface area contributed by atoms with Gasteiger partial charge in [0.1, 0.15) is 5.60 Å². The molecule has 2 aromatic heterocycles. The monoisotopic (exact) mass is 359 g/mol. The summed E-state index contributed by atoms with van der Waals surface area (Å²) >= 11 is 0. The van der Waals surface area contributed by atoms with Gasteiger partial charge in [0.15, 0.2) is 5.69 Å². The highest BCUT2D eigenvalue weighted by Crippen LogP contribution is 2.30. The van der Waals surface area contributed by atoms with Gasteiger partial charge in [-0.2, -0.15) is 13.2 Å². The lowest BCUT2D eigenvalue weighted by atomic mass is 10.2. The van der Waals surface area contributed by atoms with Gasteiger partial charge in [0.25, 0.3) is 0 Å². The molecule has 7 nitrogen and oxygen atoms in total. The molecule has 0 aromatic carbocycles. The molecule has 2 aromatic rings. The Kier molecular flexibility index (Phi) is 4.65. The Morgan fingerprint density at radius 2 is 1.92 bits per heavy atom. The minimum atomic E-state index is -4.83. The third-order valence-corrected chi connectivity index (χ3v) is 2.99. The van der Waals surface area contributed by atoms with Crippen molar-refractivity contribution in [2.45, 2.75) is 39.1 Å². The summed E-state index contributed by atoms with van der Waals surface area (Å²) in [5.41, 5.74) is -1.28. The van der Waals surface area contributed by atoms with Crippen LogP contribution in [-0.4, -0.2) is 32.2 Å². The number of rotatable bonds is 3. The van der Waals surface area contributed by atoms with Crippen molar-refractivity contribution in [3.05, 3.63) is 35.4 Å². The normalized spacial score (nSPS) is 12.2. The van der Waals surface area contributed by atoms with Crippen LogP contribution in [0.3, 0.4) is 0 Å². The second-order valence-corrected chi connectivity index (χ2v) is 6.23. The quantitative estimate of drug-likeness (QED) is 0.879. The number of amides is 1. The number of fused-ring (bicyclic) bond motifs is 1. The van der Waals surface area contributed by atoms with Gasteiger partial charge in [0.2, 0.25) is 5.82 Å². The van der Waals surface area contributed by atoms with E-state index in [-0.39, 0.29) is 12.1 Å². The van der Waals surface area contributed by atoms with Crippen LogP contribution < -0.4 is 5.32 Å². The number of pyridine rings is 1. The summed E-state index contributed by atoms with van der Waals surface area (Å²) in [5, 5.41) is 11.4. The molecule has 0 bridgehead atoms. The molecular weight excluding hydrogens is 343 g/mol. The molecular formula is C15H16F3N3O4. The van der Waals surface area contributed by atoms with E-state index in [1.165, 1.54) is 12.1 Å². The van der Waals surface area contributed by atoms with Crippen molar-refractivity contribution in [3.63, 3.8) is 0 Å². The van der Waals surface area contributed by atoms with E-state index < -0.39 is 35.4 Å². The third kappa shape index (κ3) is 4.40. The highest BCUT2D eigenvalue weighted by molar-refractivity contribution is 5.93. The number of imidazole rings is 1. The molecule has 0 aliphatic heterocycles. The number of carboxylic acids is 1. The summed E-state index contributed by atoms with van der Waals surface area (Å²) in [6, 6.07) is 2.61. The molecule has 2 N–H and O–H groups in total. The third-order valence-electron chi connectivity index (χ3n) is 2.99. The van der Waals surface area contributed by atoms with Gasteiger partial charge in [0, 0.05) is 12.7 Å². The largest absolute Gasteiger partial charge is 0.476 e. The van der Waals surface area contributed by atoms with E-state index in [4.69, 9.17) is 9.84 Å². The first-order chi connectivity index (χ1) is 11.4. The molecule has 0 atom stereocenters. The van der Waals surface area contributed by atoms with Crippen LogP contribution in [-0.2, 0) is 17.5 Å². The van der Waals surface area contributed by atoms with Crippen molar-refractivity contribution in [1.29, 1.82) is 0 Å². The summed E-state index contributed by atoms with van der Waals surface area (Å²) < 4.78 is 44.9. The number of alkyl halides is 3. The van der Waals surface area contributed by atoms with Crippen LogP contribution in [0.5, 0.6) is 0 Å². The number of carboxylic acid groups (broad SMARTS) is 1. The highest BCUT2D eigenvalue weighted by atomic mass is 19.4. The Morgan fingerprint density at radius 1 is 1.28 bits per heavy atom. The first kappa shape index (κ1) is 18.6. The van der Waals surface area contributed by atoms with E-state index in [1.807, 2.05) is 0 Å². The number of ether oxygens (including phenoxy) is 1. The standard InChI is InChI=1S/C15H16F3N3O4/c1-14(2,3)25-13(24)19-6-8-4-5-9-10(11(22)23)20-12(15(16,17)18)21(9)7-8/h4-5,7H,6H2,1-3H3,(H,19,24)(H,22,23). The van der Waals surface area contributed by atoms with E-state index in [1.54, 1.807) is 20.8 Å². The maximum Gasteiger partial charge on any atom is 0.450 e. The Bertz CT molecular complexity index is 822. The van der Waals surface area contributed by atoms with Crippen molar-refractivity contribution in [2.24, 2.45) is 0 Å². The number of aromatic carboxylic acids is 1. The van der Waals surface area contributed by atoms with Gasteiger partial charge < -0.3 is 15.2 Å². The predicted molar refractivity (Wildman–Crippen MR) is 80.2 cm³/mol. The molecule has 10 heteroatoms. The van der Waals surface area contributed by atoms with Crippen LogP contribution in [0, 0.1) is 0 Å². The van der Waals surface area contributed by atoms with E-state index in [0.717, 1.165) is 6.20 Å². The van der Waals surface area contributed by atoms with Crippen LogP contribution in [0.2, 0.25) is 0 Å². The van der Waals surface area contributed by atoms with Gasteiger partial charge in [-0.15, -0.1) is 0 Å². The number of halogens is 3. The molecule has 1 amide bonds. The number of nitrogens with zero attached hydrogens (tertiary/aromatic N) is 2. The highest BCUT2D eigenvalue weighted by Gasteiger charge is 2.38. The van der Waals surface area contributed by atoms with E-state index >= 15 is 0 Å². The van der Waals surface area contributed by atoms with E-state index in [2.05, 4.69) is 10.3 Å². The zero-order chi connectivity index (χ0) is 19.0. The number of hydrogen-bond donors (Lipinski definition) is 2. The molecule has 0 unspecified atom stereocenters. The predicted octanol–water partition coefficient (Wildman–Crippen LogP) is 3.08. The minimum absolute atomic E-state index is 0.0945. The van der Waals surface area contributed by atoms with Crippen LogP contribution >= 0.6 is 0 Å². The minimum Gasteiger partial charge on any atom is -0.476 e. The number of carbonyl (C=O) groups is 2. The van der Waals surface area contributed by atoms with Crippen molar-refractivity contribution in [2.75, 3.05) is 0 Å². The van der Waals surface area contributed by atoms with Crippen molar-refractivity contribution in [3.8, 4) is 0 Å².